The van der Waals surface area contributed by atoms with Crippen LogP contribution in [0.3, 0.4) is 0 Å². The summed E-state index contributed by atoms with van der Waals surface area (Å²) in [6.45, 7) is 4.20. The lowest BCUT2D eigenvalue weighted by Gasteiger charge is -2.05. The van der Waals surface area contributed by atoms with Crippen LogP contribution < -0.4 is 0 Å². The number of carbonyl (C=O) groups excluding carboxylic acids is 1. The van der Waals surface area contributed by atoms with Gasteiger partial charge in [-0.15, -0.1) is 0 Å². The van der Waals surface area contributed by atoms with Crippen molar-refractivity contribution >= 4 is 16.8 Å². The summed E-state index contributed by atoms with van der Waals surface area (Å²) < 4.78 is 0. The van der Waals surface area contributed by atoms with E-state index in [4.69, 9.17) is 11.6 Å². The van der Waals surface area contributed by atoms with E-state index >= 15 is 0 Å². The van der Waals surface area contributed by atoms with E-state index in [0.29, 0.717) is 0 Å². The van der Waals surface area contributed by atoms with Crippen molar-refractivity contribution in [2.45, 2.75) is 110 Å². The number of hydrogen-bond donors (Lipinski definition) is 0. The molecule has 2 heteroatoms. The third kappa shape index (κ3) is 16.2. The van der Waals surface area contributed by atoms with E-state index in [1.54, 1.807) is 0 Å². The third-order valence-corrected chi connectivity index (χ3v) is 4.75. The summed E-state index contributed by atoms with van der Waals surface area (Å²) in [5, 5.41) is -0.176. The molecule has 0 bridgehead atoms. The zero-order valence-electron chi connectivity index (χ0n) is 14.5. The molecule has 0 aliphatic carbocycles. The highest BCUT2D eigenvalue weighted by Crippen LogP contribution is 2.15. The van der Waals surface area contributed by atoms with Crippen molar-refractivity contribution in [3.8, 4) is 0 Å². The van der Waals surface area contributed by atoms with Gasteiger partial charge in [-0.2, -0.15) is 0 Å². The largest absolute Gasteiger partial charge is 0.281 e. The summed E-state index contributed by atoms with van der Waals surface area (Å²) in [7, 11) is 0. The first-order valence-corrected chi connectivity index (χ1v) is 9.75. The molecule has 0 saturated carbocycles. The second-order valence-electron chi connectivity index (χ2n) is 6.59. The van der Waals surface area contributed by atoms with Crippen LogP contribution in [0.1, 0.15) is 110 Å². The van der Waals surface area contributed by atoms with Gasteiger partial charge in [-0.25, -0.2) is 0 Å². The van der Waals surface area contributed by atoms with Gasteiger partial charge >= 0.3 is 0 Å². The fourth-order valence-corrected chi connectivity index (χ4v) is 2.87. The van der Waals surface area contributed by atoms with Gasteiger partial charge in [-0.3, -0.25) is 4.79 Å². The molecular formula is C19H37ClO. The third-order valence-electron chi connectivity index (χ3n) is 4.38. The minimum absolute atomic E-state index is 0.0454. The summed E-state index contributed by atoms with van der Waals surface area (Å²) in [6.07, 6.45) is 20.2. The van der Waals surface area contributed by atoms with Crippen LogP contribution in [0.2, 0.25) is 0 Å². The molecule has 1 nitrogen and oxygen atoms in total. The second-order valence-corrected chi connectivity index (χ2v) is 6.96. The molecule has 0 aromatic rings. The first-order chi connectivity index (χ1) is 10.2. The highest BCUT2D eigenvalue weighted by atomic mass is 35.5. The van der Waals surface area contributed by atoms with Crippen LogP contribution in [0.4, 0.5) is 0 Å². The molecule has 0 amide bonds. The molecule has 0 fully saturated rings. The van der Waals surface area contributed by atoms with E-state index in [2.05, 4.69) is 6.92 Å². The van der Waals surface area contributed by atoms with E-state index in [1.165, 1.54) is 83.5 Å². The Balaban J connectivity index is 3.04. The van der Waals surface area contributed by atoms with Gasteiger partial charge in [0.25, 0.3) is 0 Å². The molecule has 0 spiro atoms. The van der Waals surface area contributed by atoms with Crippen LogP contribution in [0.5, 0.6) is 0 Å². The first-order valence-electron chi connectivity index (χ1n) is 9.37. The topological polar surface area (TPSA) is 17.1 Å². The monoisotopic (exact) mass is 316 g/mol. The van der Waals surface area contributed by atoms with Crippen LogP contribution in [0.25, 0.3) is 0 Å². The Bertz CT molecular complexity index is 228. The number of hydrogen-bond acceptors (Lipinski definition) is 1. The lowest BCUT2D eigenvalue weighted by molar-refractivity contribution is -0.114. The maximum atomic E-state index is 10.9. The minimum Gasteiger partial charge on any atom is -0.281 e. The van der Waals surface area contributed by atoms with Crippen molar-refractivity contribution < 1.29 is 4.79 Å². The summed E-state index contributed by atoms with van der Waals surface area (Å²) in [5.74, 6) is 0.0454. The second kappa shape index (κ2) is 16.3. The van der Waals surface area contributed by atoms with Crippen molar-refractivity contribution in [2.75, 3.05) is 0 Å². The molecule has 0 aliphatic heterocycles. The summed E-state index contributed by atoms with van der Waals surface area (Å²) in [4.78, 5) is 10.9. The lowest BCUT2D eigenvalue weighted by atomic mass is 10.0. The molecule has 0 aromatic carbocycles. The van der Waals surface area contributed by atoms with Gasteiger partial charge in [0.1, 0.15) is 0 Å². The van der Waals surface area contributed by atoms with E-state index in [-0.39, 0.29) is 11.2 Å². The molecule has 21 heavy (non-hydrogen) atoms. The molecule has 1 atom stereocenters. The Labute approximate surface area is 138 Å². The van der Waals surface area contributed by atoms with Crippen molar-refractivity contribution in [3.05, 3.63) is 0 Å². The molecule has 0 heterocycles. The fraction of sp³-hybridized carbons (Fsp3) is 0.947. The van der Waals surface area contributed by atoms with Crippen molar-refractivity contribution in [1.82, 2.24) is 0 Å². The van der Waals surface area contributed by atoms with Crippen LogP contribution in [0.15, 0.2) is 0 Å². The molecule has 0 aliphatic rings. The number of rotatable bonds is 16. The van der Waals surface area contributed by atoms with E-state index < -0.39 is 0 Å². The van der Waals surface area contributed by atoms with Gasteiger partial charge in [0, 0.05) is 5.92 Å². The predicted octanol–water partition coefficient (Wildman–Crippen LogP) is 7.26. The smallest absolute Gasteiger partial charge is 0.224 e. The van der Waals surface area contributed by atoms with Gasteiger partial charge in [-0.05, 0) is 18.0 Å². The molecular weight excluding hydrogens is 280 g/mol. The summed E-state index contributed by atoms with van der Waals surface area (Å²) in [6, 6.07) is 0. The van der Waals surface area contributed by atoms with Crippen LogP contribution >= 0.6 is 11.6 Å². The summed E-state index contributed by atoms with van der Waals surface area (Å²) in [5.41, 5.74) is 0. The maximum absolute atomic E-state index is 10.9. The maximum Gasteiger partial charge on any atom is 0.224 e. The van der Waals surface area contributed by atoms with Crippen LogP contribution in [-0.4, -0.2) is 5.24 Å². The number of carbonyl (C=O) groups is 1. The standard InChI is InChI=1S/C19H37ClO/c1-3-4-5-6-7-8-9-10-11-12-13-14-15-16-17-18(2)19(20)21/h18H,3-17H2,1-2H3/t18-/m0/s1. The fourth-order valence-electron chi connectivity index (χ4n) is 2.76. The number of unbranched alkanes of at least 4 members (excludes halogenated alkanes) is 13. The van der Waals surface area contributed by atoms with E-state index in [1.807, 2.05) is 6.92 Å². The molecule has 0 aromatic heterocycles. The van der Waals surface area contributed by atoms with Gasteiger partial charge in [-0.1, -0.05) is 104 Å². The molecule has 0 radical (unpaired) electrons. The Morgan fingerprint density at radius 1 is 0.714 bits per heavy atom. The predicted molar refractivity (Wildman–Crippen MR) is 95.0 cm³/mol. The Hall–Kier alpha value is -0.0400. The summed E-state index contributed by atoms with van der Waals surface area (Å²) >= 11 is 5.45. The Morgan fingerprint density at radius 2 is 1.05 bits per heavy atom. The van der Waals surface area contributed by atoms with Gasteiger partial charge in [0.2, 0.25) is 5.24 Å². The molecule has 0 unspecified atom stereocenters. The average Bonchev–Trinajstić information content (AvgIpc) is 2.47. The lowest BCUT2D eigenvalue weighted by Crippen LogP contribution is -2.02. The van der Waals surface area contributed by atoms with Crippen molar-refractivity contribution in [3.63, 3.8) is 0 Å². The Kier molecular flexibility index (Phi) is 16.3. The zero-order chi connectivity index (χ0) is 15.8. The average molecular weight is 317 g/mol. The van der Waals surface area contributed by atoms with E-state index in [9.17, 15) is 4.79 Å². The van der Waals surface area contributed by atoms with Crippen molar-refractivity contribution in [2.24, 2.45) is 5.92 Å². The molecule has 126 valence electrons. The quantitative estimate of drug-likeness (QED) is 0.216. The number of halogens is 1. The van der Waals surface area contributed by atoms with Crippen LogP contribution in [0, 0.1) is 5.92 Å². The zero-order valence-corrected chi connectivity index (χ0v) is 15.2. The van der Waals surface area contributed by atoms with Gasteiger partial charge in [0.05, 0.1) is 0 Å². The molecule has 0 rings (SSSR count). The van der Waals surface area contributed by atoms with Crippen molar-refractivity contribution in [1.29, 1.82) is 0 Å². The van der Waals surface area contributed by atoms with Crippen LogP contribution in [-0.2, 0) is 4.79 Å². The SMILES string of the molecule is CCCCCCCCCCCCCCCC[C@H](C)C(=O)Cl. The molecule has 0 N–H and O–H groups in total. The normalized spacial score (nSPS) is 12.5. The minimum atomic E-state index is -0.176. The van der Waals surface area contributed by atoms with Gasteiger partial charge < -0.3 is 0 Å². The first kappa shape index (κ1) is 21.0. The van der Waals surface area contributed by atoms with Gasteiger partial charge in [0.15, 0.2) is 0 Å². The highest BCUT2D eigenvalue weighted by Gasteiger charge is 2.08. The highest BCUT2D eigenvalue weighted by molar-refractivity contribution is 6.63. The Morgan fingerprint density at radius 3 is 1.38 bits per heavy atom. The van der Waals surface area contributed by atoms with E-state index in [0.717, 1.165) is 12.8 Å². The molecule has 0 saturated heterocycles.